The van der Waals surface area contributed by atoms with Gasteiger partial charge in [0.15, 0.2) is 5.78 Å². The first kappa shape index (κ1) is 9.60. The van der Waals surface area contributed by atoms with Gasteiger partial charge in [0.2, 0.25) is 0 Å². The molecule has 0 saturated carbocycles. The quantitative estimate of drug-likeness (QED) is 0.507. The lowest BCUT2D eigenvalue weighted by Gasteiger charge is -1.94. The van der Waals surface area contributed by atoms with Gasteiger partial charge in [0.25, 0.3) is 0 Å². The second-order valence-electron chi connectivity index (χ2n) is 2.95. The maximum atomic E-state index is 11.4. The number of hydrogen-bond donors (Lipinski definition) is 0. The Labute approximate surface area is 78.6 Å². The fraction of sp³-hybridized carbons (Fsp3) is 0.364. The monoisotopic (exact) mass is 175 g/mol. The summed E-state index contributed by atoms with van der Waals surface area (Å²) in [6.45, 7) is 2.52. The highest BCUT2D eigenvalue weighted by Crippen LogP contribution is 2.06. The Morgan fingerprint density at radius 2 is 2.46 bits per heavy atom. The lowest BCUT2D eigenvalue weighted by Crippen LogP contribution is -1.96. The van der Waals surface area contributed by atoms with E-state index in [-0.39, 0.29) is 5.78 Å². The number of nitrogens with zero attached hydrogens (tertiary/aromatic N) is 1. The second-order valence-corrected chi connectivity index (χ2v) is 2.95. The molecule has 1 heterocycles. The molecule has 0 amide bonds. The van der Waals surface area contributed by atoms with Gasteiger partial charge >= 0.3 is 0 Å². The molecule has 1 rings (SSSR count). The summed E-state index contributed by atoms with van der Waals surface area (Å²) in [7, 11) is 0. The maximum absolute atomic E-state index is 11.4. The van der Waals surface area contributed by atoms with Gasteiger partial charge in [0, 0.05) is 24.4 Å². The number of aromatic nitrogens is 1. The average Bonchev–Trinajstić information content (AvgIpc) is 2.54. The second kappa shape index (κ2) is 4.51. The normalized spacial score (nSPS) is 9.54. The number of Topliss-reactive ketones (excluding diaryl/α,β-unsaturated/α-hetero) is 1. The summed E-state index contributed by atoms with van der Waals surface area (Å²) in [5.74, 6) is 2.71. The van der Waals surface area contributed by atoms with Crippen molar-refractivity contribution in [1.29, 1.82) is 0 Å². The number of carbonyl (C=O) groups is 1. The van der Waals surface area contributed by atoms with E-state index in [0.717, 1.165) is 12.0 Å². The van der Waals surface area contributed by atoms with Gasteiger partial charge < -0.3 is 4.57 Å². The minimum absolute atomic E-state index is 0.193. The van der Waals surface area contributed by atoms with Crippen LogP contribution in [0.5, 0.6) is 0 Å². The van der Waals surface area contributed by atoms with E-state index in [1.165, 1.54) is 0 Å². The first-order chi connectivity index (χ1) is 6.27. The smallest absolute Gasteiger partial charge is 0.164 e. The van der Waals surface area contributed by atoms with Crippen molar-refractivity contribution >= 4 is 5.78 Å². The van der Waals surface area contributed by atoms with Crippen molar-refractivity contribution in [2.24, 2.45) is 0 Å². The molecule has 1 aromatic rings. The molecule has 0 aliphatic carbocycles. The van der Waals surface area contributed by atoms with Crippen molar-refractivity contribution in [3.05, 3.63) is 24.0 Å². The Bertz CT molecular complexity index is 330. The van der Waals surface area contributed by atoms with E-state index >= 15 is 0 Å². The van der Waals surface area contributed by atoms with Crippen molar-refractivity contribution in [3.8, 4) is 12.3 Å². The number of ketones is 1. The highest BCUT2D eigenvalue weighted by Gasteiger charge is 2.05. The molecule has 1 aromatic heterocycles. The van der Waals surface area contributed by atoms with Crippen molar-refractivity contribution < 1.29 is 4.79 Å². The van der Waals surface area contributed by atoms with Crippen LogP contribution in [0.2, 0.25) is 0 Å². The van der Waals surface area contributed by atoms with Gasteiger partial charge in [-0.1, -0.05) is 12.8 Å². The SMILES string of the molecule is C#CCn1ccc(C(=O)CCC)c1. The highest BCUT2D eigenvalue weighted by atomic mass is 16.1. The van der Waals surface area contributed by atoms with Crippen molar-refractivity contribution in [3.63, 3.8) is 0 Å². The van der Waals surface area contributed by atoms with Crippen molar-refractivity contribution in [2.45, 2.75) is 26.3 Å². The van der Waals surface area contributed by atoms with Crippen LogP contribution in [-0.4, -0.2) is 10.4 Å². The average molecular weight is 175 g/mol. The highest BCUT2D eigenvalue weighted by molar-refractivity contribution is 5.95. The first-order valence-corrected chi connectivity index (χ1v) is 4.40. The molecule has 13 heavy (non-hydrogen) atoms. The summed E-state index contributed by atoms with van der Waals surface area (Å²) in [4.78, 5) is 11.4. The summed E-state index contributed by atoms with van der Waals surface area (Å²) >= 11 is 0. The molecule has 0 atom stereocenters. The lowest BCUT2D eigenvalue weighted by molar-refractivity contribution is 0.0982. The Hall–Kier alpha value is -1.49. The molecule has 2 heteroatoms. The minimum atomic E-state index is 0.193. The predicted octanol–water partition coefficient (Wildman–Crippen LogP) is 2.10. The molecule has 0 fully saturated rings. The van der Waals surface area contributed by atoms with E-state index in [1.54, 1.807) is 6.20 Å². The maximum Gasteiger partial charge on any atom is 0.164 e. The van der Waals surface area contributed by atoms with Gasteiger partial charge in [-0.15, -0.1) is 6.42 Å². The molecule has 68 valence electrons. The molecule has 0 radical (unpaired) electrons. The fourth-order valence-corrected chi connectivity index (χ4v) is 1.18. The van der Waals surface area contributed by atoms with Gasteiger partial charge in [0.1, 0.15) is 0 Å². The molecular formula is C11H13NO. The van der Waals surface area contributed by atoms with Crippen LogP contribution in [0, 0.1) is 12.3 Å². The summed E-state index contributed by atoms with van der Waals surface area (Å²) < 4.78 is 1.84. The van der Waals surface area contributed by atoms with Crippen LogP contribution in [0.25, 0.3) is 0 Å². The van der Waals surface area contributed by atoms with Gasteiger partial charge in [-0.2, -0.15) is 0 Å². The number of rotatable bonds is 4. The molecule has 0 aliphatic rings. The summed E-state index contributed by atoms with van der Waals surface area (Å²) in [5, 5.41) is 0. The third kappa shape index (κ3) is 2.48. The molecule has 0 unspecified atom stereocenters. The molecule has 0 spiro atoms. The topological polar surface area (TPSA) is 22.0 Å². The minimum Gasteiger partial charge on any atom is -0.342 e. The van der Waals surface area contributed by atoms with Crippen LogP contribution < -0.4 is 0 Å². The van der Waals surface area contributed by atoms with E-state index in [0.29, 0.717) is 13.0 Å². The predicted molar refractivity (Wildman–Crippen MR) is 52.5 cm³/mol. The third-order valence-electron chi connectivity index (χ3n) is 1.82. The zero-order chi connectivity index (χ0) is 9.68. The van der Waals surface area contributed by atoms with Gasteiger partial charge in [-0.3, -0.25) is 4.79 Å². The lowest BCUT2D eigenvalue weighted by atomic mass is 10.1. The van der Waals surface area contributed by atoms with Gasteiger partial charge in [-0.25, -0.2) is 0 Å². The summed E-state index contributed by atoms with van der Waals surface area (Å²) in [6.07, 6.45) is 10.3. The Morgan fingerprint density at radius 1 is 1.69 bits per heavy atom. The molecule has 0 aromatic carbocycles. The van der Waals surface area contributed by atoms with Crippen molar-refractivity contribution in [1.82, 2.24) is 4.57 Å². The van der Waals surface area contributed by atoms with E-state index in [2.05, 4.69) is 5.92 Å². The molecule has 0 bridgehead atoms. The molecule has 0 aliphatic heterocycles. The summed E-state index contributed by atoms with van der Waals surface area (Å²) in [6, 6.07) is 1.81. The Morgan fingerprint density at radius 3 is 3.08 bits per heavy atom. The zero-order valence-corrected chi connectivity index (χ0v) is 7.79. The van der Waals surface area contributed by atoms with E-state index in [1.807, 2.05) is 23.8 Å². The first-order valence-electron chi connectivity index (χ1n) is 4.40. The molecule has 0 saturated heterocycles. The van der Waals surface area contributed by atoms with Crippen LogP contribution in [0.15, 0.2) is 18.5 Å². The van der Waals surface area contributed by atoms with E-state index < -0.39 is 0 Å². The Kier molecular flexibility index (Phi) is 3.33. The van der Waals surface area contributed by atoms with Crippen LogP contribution >= 0.6 is 0 Å². The van der Waals surface area contributed by atoms with Crippen molar-refractivity contribution in [2.75, 3.05) is 0 Å². The van der Waals surface area contributed by atoms with Crippen LogP contribution in [0.3, 0.4) is 0 Å². The Balaban J connectivity index is 2.69. The van der Waals surface area contributed by atoms with Crippen LogP contribution in [-0.2, 0) is 6.54 Å². The van der Waals surface area contributed by atoms with E-state index in [9.17, 15) is 4.79 Å². The molecule has 2 nitrogen and oxygen atoms in total. The molecular weight excluding hydrogens is 162 g/mol. The van der Waals surface area contributed by atoms with Gasteiger partial charge in [-0.05, 0) is 12.5 Å². The standard InChI is InChI=1S/C11H13NO/c1-3-5-11(13)10-6-8-12(9-10)7-4-2/h2,6,8-9H,3,5,7H2,1H3. The molecule has 0 N–H and O–H groups in total. The van der Waals surface area contributed by atoms with Gasteiger partial charge in [0.05, 0.1) is 6.54 Å². The fourth-order valence-electron chi connectivity index (χ4n) is 1.18. The largest absolute Gasteiger partial charge is 0.342 e. The number of hydrogen-bond acceptors (Lipinski definition) is 1. The number of terminal acetylenes is 1. The van der Waals surface area contributed by atoms with Crippen LogP contribution in [0.4, 0.5) is 0 Å². The van der Waals surface area contributed by atoms with E-state index in [4.69, 9.17) is 6.42 Å². The van der Waals surface area contributed by atoms with Crippen LogP contribution in [0.1, 0.15) is 30.1 Å². The number of carbonyl (C=O) groups excluding carboxylic acids is 1. The summed E-state index contributed by atoms with van der Waals surface area (Å²) in [5.41, 5.74) is 0.761. The zero-order valence-electron chi connectivity index (χ0n) is 7.79. The third-order valence-corrected chi connectivity index (χ3v) is 1.82.